The van der Waals surface area contributed by atoms with Gasteiger partial charge in [-0.05, 0) is 12.8 Å². The standard InChI is InChI=1S/C12H23ClN2O3S/c13-6-7-15(12-4-2-1-3-5-12)19(16,17)14-8-10-18-11-9-14/h12H,1-11H2. The molecule has 0 atom stereocenters. The average molecular weight is 311 g/mol. The van der Waals surface area contributed by atoms with E-state index in [0.29, 0.717) is 38.7 Å². The van der Waals surface area contributed by atoms with E-state index in [1.54, 1.807) is 4.31 Å². The van der Waals surface area contributed by atoms with E-state index in [1.807, 2.05) is 0 Å². The van der Waals surface area contributed by atoms with E-state index in [-0.39, 0.29) is 6.04 Å². The topological polar surface area (TPSA) is 49.9 Å². The Hall–Kier alpha value is 0.120. The van der Waals surface area contributed by atoms with Crippen LogP contribution in [-0.4, -0.2) is 61.8 Å². The van der Waals surface area contributed by atoms with Gasteiger partial charge in [-0.15, -0.1) is 11.6 Å². The summed E-state index contributed by atoms with van der Waals surface area (Å²) in [5, 5.41) is 0. The fourth-order valence-corrected chi connectivity index (χ4v) is 4.96. The lowest BCUT2D eigenvalue weighted by atomic mass is 9.95. The molecule has 0 spiro atoms. The van der Waals surface area contributed by atoms with E-state index in [9.17, 15) is 8.42 Å². The number of ether oxygens (including phenoxy) is 1. The molecule has 1 aliphatic carbocycles. The van der Waals surface area contributed by atoms with E-state index < -0.39 is 10.2 Å². The maximum atomic E-state index is 12.7. The number of nitrogens with zero attached hydrogens (tertiary/aromatic N) is 2. The van der Waals surface area contributed by atoms with E-state index >= 15 is 0 Å². The number of alkyl halides is 1. The molecule has 0 radical (unpaired) electrons. The summed E-state index contributed by atoms with van der Waals surface area (Å²) in [4.78, 5) is 0. The molecule has 0 bridgehead atoms. The molecule has 112 valence electrons. The Labute approximate surface area is 121 Å². The molecule has 2 rings (SSSR count). The van der Waals surface area contributed by atoms with E-state index in [1.165, 1.54) is 10.7 Å². The molecule has 0 aromatic carbocycles. The van der Waals surface area contributed by atoms with E-state index in [0.717, 1.165) is 25.7 Å². The summed E-state index contributed by atoms with van der Waals surface area (Å²) >= 11 is 5.81. The highest BCUT2D eigenvalue weighted by molar-refractivity contribution is 7.86. The van der Waals surface area contributed by atoms with Crippen molar-refractivity contribution in [1.29, 1.82) is 0 Å². The van der Waals surface area contributed by atoms with Gasteiger partial charge >= 0.3 is 0 Å². The van der Waals surface area contributed by atoms with Crippen LogP contribution in [0.5, 0.6) is 0 Å². The molecule has 0 aromatic rings. The van der Waals surface area contributed by atoms with Gasteiger partial charge in [-0.25, -0.2) is 0 Å². The summed E-state index contributed by atoms with van der Waals surface area (Å²) in [6.07, 6.45) is 5.36. The zero-order valence-corrected chi connectivity index (χ0v) is 12.8. The zero-order chi connectivity index (χ0) is 13.7. The minimum absolute atomic E-state index is 0.125. The second-order valence-corrected chi connectivity index (χ2v) is 7.37. The molecular formula is C12H23ClN2O3S. The summed E-state index contributed by atoms with van der Waals surface area (Å²) in [5.41, 5.74) is 0. The number of rotatable bonds is 5. The van der Waals surface area contributed by atoms with Crippen LogP contribution >= 0.6 is 11.6 Å². The van der Waals surface area contributed by atoms with Crippen molar-refractivity contribution in [3.63, 3.8) is 0 Å². The normalized spacial score (nSPS) is 23.9. The second kappa shape index (κ2) is 7.22. The van der Waals surface area contributed by atoms with Crippen LogP contribution in [0.3, 0.4) is 0 Å². The van der Waals surface area contributed by atoms with Crippen molar-refractivity contribution in [2.75, 3.05) is 38.7 Å². The third-order valence-corrected chi connectivity index (χ3v) is 6.14. The highest BCUT2D eigenvalue weighted by Gasteiger charge is 2.35. The number of hydrogen-bond donors (Lipinski definition) is 0. The van der Waals surface area contributed by atoms with Crippen molar-refractivity contribution in [2.45, 2.75) is 38.1 Å². The number of hydrogen-bond acceptors (Lipinski definition) is 3. The van der Waals surface area contributed by atoms with Crippen LogP contribution in [0.1, 0.15) is 32.1 Å². The molecule has 2 fully saturated rings. The Balaban J connectivity index is 2.11. The largest absolute Gasteiger partial charge is 0.379 e. The van der Waals surface area contributed by atoms with Gasteiger partial charge in [-0.2, -0.15) is 17.0 Å². The minimum atomic E-state index is -3.38. The lowest BCUT2D eigenvalue weighted by molar-refractivity contribution is 0.0687. The molecule has 19 heavy (non-hydrogen) atoms. The molecule has 7 heteroatoms. The third-order valence-electron chi connectivity index (χ3n) is 3.88. The van der Waals surface area contributed by atoms with Crippen LogP contribution in [0, 0.1) is 0 Å². The van der Waals surface area contributed by atoms with Crippen LogP contribution in [0.4, 0.5) is 0 Å². The van der Waals surface area contributed by atoms with Gasteiger partial charge in [0.05, 0.1) is 13.2 Å². The van der Waals surface area contributed by atoms with Crippen LogP contribution in [-0.2, 0) is 14.9 Å². The highest BCUT2D eigenvalue weighted by Crippen LogP contribution is 2.26. The monoisotopic (exact) mass is 310 g/mol. The van der Waals surface area contributed by atoms with Crippen molar-refractivity contribution < 1.29 is 13.2 Å². The maximum Gasteiger partial charge on any atom is 0.282 e. The Bertz CT molecular complexity index is 365. The van der Waals surface area contributed by atoms with Crippen molar-refractivity contribution in [1.82, 2.24) is 8.61 Å². The van der Waals surface area contributed by atoms with Crippen molar-refractivity contribution in [3.05, 3.63) is 0 Å². The van der Waals surface area contributed by atoms with E-state index in [2.05, 4.69) is 0 Å². The first-order chi connectivity index (χ1) is 9.16. The minimum Gasteiger partial charge on any atom is -0.379 e. The molecule has 0 amide bonds. The maximum absolute atomic E-state index is 12.7. The molecule has 5 nitrogen and oxygen atoms in total. The predicted octanol–water partition coefficient (Wildman–Crippen LogP) is 1.44. The Morgan fingerprint density at radius 2 is 1.79 bits per heavy atom. The van der Waals surface area contributed by atoms with Gasteiger partial charge in [0, 0.05) is 31.6 Å². The Kier molecular flexibility index (Phi) is 5.89. The van der Waals surface area contributed by atoms with Crippen molar-refractivity contribution in [3.8, 4) is 0 Å². The zero-order valence-electron chi connectivity index (χ0n) is 11.3. The van der Waals surface area contributed by atoms with Gasteiger partial charge in [-0.3, -0.25) is 0 Å². The molecule has 0 unspecified atom stereocenters. The smallest absolute Gasteiger partial charge is 0.282 e. The summed E-state index contributed by atoms with van der Waals surface area (Å²) in [7, 11) is -3.38. The molecule has 0 N–H and O–H groups in total. The van der Waals surface area contributed by atoms with Crippen LogP contribution in [0.15, 0.2) is 0 Å². The third kappa shape index (κ3) is 3.82. The molecule has 1 saturated carbocycles. The molecule has 0 aromatic heterocycles. The number of morpholine rings is 1. The first kappa shape index (κ1) is 15.5. The molecule has 1 saturated heterocycles. The first-order valence-electron chi connectivity index (χ1n) is 7.07. The highest BCUT2D eigenvalue weighted by atomic mass is 35.5. The predicted molar refractivity (Wildman–Crippen MR) is 75.6 cm³/mol. The molecule has 1 heterocycles. The lowest BCUT2D eigenvalue weighted by Crippen LogP contribution is -2.52. The summed E-state index contributed by atoms with van der Waals surface area (Å²) < 4.78 is 33.8. The first-order valence-corrected chi connectivity index (χ1v) is 9.00. The van der Waals surface area contributed by atoms with Crippen LogP contribution in [0.2, 0.25) is 0 Å². The molecule has 1 aliphatic heterocycles. The average Bonchev–Trinajstić information content (AvgIpc) is 2.46. The van der Waals surface area contributed by atoms with Gasteiger partial charge in [0.25, 0.3) is 10.2 Å². The van der Waals surface area contributed by atoms with Gasteiger partial charge < -0.3 is 4.74 Å². The molecule has 2 aliphatic rings. The van der Waals surface area contributed by atoms with Crippen LogP contribution in [0.25, 0.3) is 0 Å². The van der Waals surface area contributed by atoms with Gasteiger partial charge in [-0.1, -0.05) is 19.3 Å². The van der Waals surface area contributed by atoms with Crippen LogP contribution < -0.4 is 0 Å². The quantitative estimate of drug-likeness (QED) is 0.722. The number of halogens is 1. The Morgan fingerprint density at radius 3 is 2.37 bits per heavy atom. The second-order valence-electron chi connectivity index (χ2n) is 5.11. The summed E-state index contributed by atoms with van der Waals surface area (Å²) in [6.45, 7) is 2.28. The molecular weight excluding hydrogens is 288 g/mol. The Morgan fingerprint density at radius 1 is 1.16 bits per heavy atom. The fraction of sp³-hybridized carbons (Fsp3) is 1.00. The summed E-state index contributed by atoms with van der Waals surface area (Å²) in [5.74, 6) is 0.347. The van der Waals surface area contributed by atoms with Crippen molar-refractivity contribution >= 4 is 21.8 Å². The van der Waals surface area contributed by atoms with Gasteiger partial charge in [0.15, 0.2) is 0 Å². The van der Waals surface area contributed by atoms with Crippen molar-refractivity contribution in [2.24, 2.45) is 0 Å². The SMILES string of the molecule is O=S(=O)(N1CCOCC1)N(CCCl)C1CCCCC1. The lowest BCUT2D eigenvalue weighted by Gasteiger charge is -2.37. The van der Waals surface area contributed by atoms with Gasteiger partial charge in [0.1, 0.15) is 0 Å². The fourth-order valence-electron chi connectivity index (χ4n) is 2.86. The van der Waals surface area contributed by atoms with E-state index in [4.69, 9.17) is 16.3 Å². The summed E-state index contributed by atoms with van der Waals surface area (Å²) in [6, 6.07) is 0.125. The van der Waals surface area contributed by atoms with Gasteiger partial charge in [0.2, 0.25) is 0 Å².